The highest BCUT2D eigenvalue weighted by atomic mass is 16.5. The van der Waals surface area contributed by atoms with Gasteiger partial charge in [0.25, 0.3) is 5.91 Å². The van der Waals surface area contributed by atoms with E-state index in [1.165, 1.54) is 0 Å². The van der Waals surface area contributed by atoms with Crippen LogP contribution in [0.5, 0.6) is 0 Å². The van der Waals surface area contributed by atoms with E-state index < -0.39 is 0 Å². The van der Waals surface area contributed by atoms with Gasteiger partial charge in [-0.1, -0.05) is 18.5 Å². The average molecular weight is 317 g/mol. The van der Waals surface area contributed by atoms with Crippen LogP contribution in [0.2, 0.25) is 0 Å². The molecule has 0 aromatic carbocycles. The monoisotopic (exact) mass is 317 g/mol. The summed E-state index contributed by atoms with van der Waals surface area (Å²) in [6.07, 6.45) is 8.18. The van der Waals surface area contributed by atoms with Gasteiger partial charge in [0.1, 0.15) is 0 Å². The van der Waals surface area contributed by atoms with E-state index in [1.54, 1.807) is 17.1 Å². The first-order valence-electron chi connectivity index (χ1n) is 8.27. The van der Waals surface area contributed by atoms with Gasteiger partial charge in [0.15, 0.2) is 5.82 Å². The van der Waals surface area contributed by atoms with Crippen LogP contribution in [-0.2, 0) is 13.5 Å². The Hall–Kier alpha value is -2.18. The van der Waals surface area contributed by atoms with E-state index in [1.807, 2.05) is 11.9 Å². The van der Waals surface area contributed by atoms with E-state index in [9.17, 15) is 4.79 Å². The second-order valence-electron chi connectivity index (χ2n) is 6.12. The molecule has 0 unspecified atom stereocenters. The molecule has 1 fully saturated rings. The Morgan fingerprint density at radius 1 is 1.39 bits per heavy atom. The third-order valence-corrected chi connectivity index (χ3v) is 4.32. The molecule has 0 atom stereocenters. The maximum atomic E-state index is 12.4. The van der Waals surface area contributed by atoms with Crippen LogP contribution in [-0.4, -0.2) is 43.8 Å². The molecule has 23 heavy (non-hydrogen) atoms. The van der Waals surface area contributed by atoms with Gasteiger partial charge in [-0.05, 0) is 19.3 Å². The molecule has 1 aliphatic heterocycles. The van der Waals surface area contributed by atoms with Crippen LogP contribution in [0.4, 0.5) is 0 Å². The number of carbonyl (C=O) groups is 1. The molecule has 3 heterocycles. The zero-order chi connectivity index (χ0) is 16.2. The van der Waals surface area contributed by atoms with Crippen LogP contribution in [0.15, 0.2) is 16.9 Å². The summed E-state index contributed by atoms with van der Waals surface area (Å²) in [7, 11) is 1.81. The fourth-order valence-electron chi connectivity index (χ4n) is 2.91. The molecule has 3 rings (SSSR count). The summed E-state index contributed by atoms with van der Waals surface area (Å²) in [5, 5.41) is 8.11. The molecule has 124 valence electrons. The molecule has 0 N–H and O–H groups in total. The predicted octanol–water partition coefficient (Wildman–Crippen LogP) is 2.17. The lowest BCUT2D eigenvalue weighted by molar-refractivity contribution is 0.0704. The van der Waals surface area contributed by atoms with Crippen molar-refractivity contribution < 1.29 is 9.32 Å². The number of carbonyl (C=O) groups excluding carboxylic acids is 1. The Balaban J connectivity index is 1.55. The molecule has 0 bridgehead atoms. The normalized spacial score (nSPS) is 16.0. The van der Waals surface area contributed by atoms with Crippen LogP contribution >= 0.6 is 0 Å². The van der Waals surface area contributed by atoms with Crippen molar-refractivity contribution in [2.24, 2.45) is 7.05 Å². The Morgan fingerprint density at radius 2 is 2.17 bits per heavy atom. The quantitative estimate of drug-likeness (QED) is 0.844. The lowest BCUT2D eigenvalue weighted by Crippen LogP contribution is -2.37. The lowest BCUT2D eigenvalue weighted by Gasteiger charge is -2.30. The van der Waals surface area contributed by atoms with Gasteiger partial charge >= 0.3 is 0 Å². The van der Waals surface area contributed by atoms with Gasteiger partial charge in [-0.15, -0.1) is 0 Å². The Bertz CT molecular complexity index is 655. The SMILES string of the molecule is CCCCc1noc(C2CCN(C(=O)c3cnn(C)c3)CC2)n1. The van der Waals surface area contributed by atoms with E-state index in [0.29, 0.717) is 18.7 Å². The van der Waals surface area contributed by atoms with Crippen molar-refractivity contribution in [1.29, 1.82) is 0 Å². The second-order valence-corrected chi connectivity index (χ2v) is 6.12. The van der Waals surface area contributed by atoms with Gasteiger partial charge in [-0.3, -0.25) is 9.48 Å². The first-order valence-corrected chi connectivity index (χ1v) is 8.27. The first kappa shape index (κ1) is 15.7. The van der Waals surface area contributed by atoms with Gasteiger partial charge in [-0.25, -0.2) is 0 Å². The van der Waals surface area contributed by atoms with E-state index >= 15 is 0 Å². The maximum Gasteiger partial charge on any atom is 0.257 e. The summed E-state index contributed by atoms with van der Waals surface area (Å²) in [5.41, 5.74) is 0.644. The number of hydrogen-bond acceptors (Lipinski definition) is 5. The lowest BCUT2D eigenvalue weighted by atomic mass is 9.96. The first-order chi connectivity index (χ1) is 11.2. The van der Waals surface area contributed by atoms with Crippen LogP contribution in [0.25, 0.3) is 0 Å². The molecule has 0 saturated carbocycles. The maximum absolute atomic E-state index is 12.4. The molecule has 7 heteroatoms. The van der Waals surface area contributed by atoms with Crippen molar-refractivity contribution in [1.82, 2.24) is 24.8 Å². The van der Waals surface area contributed by atoms with Crippen molar-refractivity contribution in [3.05, 3.63) is 29.7 Å². The van der Waals surface area contributed by atoms with E-state index in [2.05, 4.69) is 22.2 Å². The van der Waals surface area contributed by atoms with Crippen molar-refractivity contribution in [3.63, 3.8) is 0 Å². The number of unbranched alkanes of at least 4 members (excludes halogenated alkanes) is 1. The number of aryl methyl sites for hydroxylation is 2. The van der Waals surface area contributed by atoms with Crippen molar-refractivity contribution in [2.45, 2.75) is 44.9 Å². The zero-order valence-corrected chi connectivity index (χ0v) is 13.7. The minimum absolute atomic E-state index is 0.0470. The van der Waals surface area contributed by atoms with Gasteiger partial charge in [-0.2, -0.15) is 10.1 Å². The Kier molecular flexibility index (Phi) is 4.73. The summed E-state index contributed by atoms with van der Waals surface area (Å²) in [4.78, 5) is 18.8. The molecule has 2 aromatic rings. The predicted molar refractivity (Wildman–Crippen MR) is 84.0 cm³/mol. The van der Waals surface area contributed by atoms with Crippen molar-refractivity contribution in [2.75, 3.05) is 13.1 Å². The minimum Gasteiger partial charge on any atom is -0.339 e. The van der Waals surface area contributed by atoms with E-state index in [0.717, 1.165) is 43.8 Å². The number of amides is 1. The molecule has 0 spiro atoms. The molecule has 0 radical (unpaired) electrons. The van der Waals surface area contributed by atoms with E-state index in [-0.39, 0.29) is 11.8 Å². The summed E-state index contributed by atoms with van der Waals surface area (Å²) in [6, 6.07) is 0. The molecule has 7 nitrogen and oxygen atoms in total. The number of aromatic nitrogens is 4. The van der Waals surface area contributed by atoms with Crippen LogP contribution in [0.1, 0.15) is 60.6 Å². The average Bonchev–Trinajstić information content (AvgIpc) is 3.21. The zero-order valence-electron chi connectivity index (χ0n) is 13.7. The van der Waals surface area contributed by atoms with Gasteiger partial charge < -0.3 is 9.42 Å². The summed E-state index contributed by atoms with van der Waals surface area (Å²) < 4.78 is 7.06. The van der Waals surface area contributed by atoms with Gasteiger partial charge in [0, 0.05) is 38.7 Å². The minimum atomic E-state index is 0.0470. The van der Waals surface area contributed by atoms with Gasteiger partial charge in [0.05, 0.1) is 11.8 Å². The van der Waals surface area contributed by atoms with Crippen molar-refractivity contribution >= 4 is 5.91 Å². The second kappa shape index (κ2) is 6.93. The molecular weight excluding hydrogens is 294 g/mol. The number of piperidine rings is 1. The van der Waals surface area contributed by atoms with Crippen molar-refractivity contribution in [3.8, 4) is 0 Å². The Labute approximate surface area is 135 Å². The fraction of sp³-hybridized carbons (Fsp3) is 0.625. The third kappa shape index (κ3) is 3.60. The van der Waals surface area contributed by atoms with E-state index in [4.69, 9.17) is 4.52 Å². The largest absolute Gasteiger partial charge is 0.339 e. The Morgan fingerprint density at radius 3 is 2.83 bits per heavy atom. The van der Waals surface area contributed by atoms with Crippen LogP contribution < -0.4 is 0 Å². The number of hydrogen-bond donors (Lipinski definition) is 0. The van der Waals surface area contributed by atoms with Crippen LogP contribution in [0.3, 0.4) is 0 Å². The highest BCUT2D eigenvalue weighted by Gasteiger charge is 2.28. The molecule has 1 amide bonds. The smallest absolute Gasteiger partial charge is 0.257 e. The molecular formula is C16H23N5O2. The molecule has 2 aromatic heterocycles. The number of nitrogens with zero attached hydrogens (tertiary/aromatic N) is 5. The highest BCUT2D eigenvalue weighted by molar-refractivity contribution is 5.93. The van der Waals surface area contributed by atoms with Crippen LogP contribution in [0, 0.1) is 0 Å². The number of likely N-dealkylation sites (tertiary alicyclic amines) is 1. The molecule has 1 aliphatic rings. The number of rotatable bonds is 5. The van der Waals surface area contributed by atoms with Gasteiger partial charge in [0.2, 0.25) is 5.89 Å². The molecule has 1 saturated heterocycles. The highest BCUT2D eigenvalue weighted by Crippen LogP contribution is 2.27. The summed E-state index contributed by atoms with van der Waals surface area (Å²) in [5.74, 6) is 1.84. The standard InChI is InChI=1S/C16H23N5O2/c1-3-4-5-14-18-15(23-19-14)12-6-8-21(9-7-12)16(22)13-10-17-20(2)11-13/h10-12H,3-9H2,1-2H3. The summed E-state index contributed by atoms with van der Waals surface area (Å²) >= 11 is 0. The molecule has 0 aliphatic carbocycles. The summed E-state index contributed by atoms with van der Waals surface area (Å²) in [6.45, 7) is 3.58. The third-order valence-electron chi connectivity index (χ3n) is 4.32. The topological polar surface area (TPSA) is 77.0 Å². The fourth-order valence-corrected chi connectivity index (χ4v) is 2.91.